The molecule has 0 spiro atoms. The fourth-order valence-corrected chi connectivity index (χ4v) is 2.67. The normalized spacial score (nSPS) is 11.5. The van der Waals surface area contributed by atoms with E-state index in [1.54, 1.807) is 18.2 Å². The summed E-state index contributed by atoms with van der Waals surface area (Å²) < 4.78 is 0. The number of hydrogen-bond donors (Lipinski definition) is 3. The van der Waals surface area contributed by atoms with E-state index in [0.717, 1.165) is 12.0 Å². The molecule has 2 aromatic rings. The summed E-state index contributed by atoms with van der Waals surface area (Å²) in [6, 6.07) is 12.4. The summed E-state index contributed by atoms with van der Waals surface area (Å²) >= 11 is 6.08. The molecule has 0 heterocycles. The Morgan fingerprint density at radius 1 is 1.12 bits per heavy atom. The lowest BCUT2D eigenvalue weighted by Crippen LogP contribution is -2.31. The van der Waals surface area contributed by atoms with Gasteiger partial charge in [0.2, 0.25) is 0 Å². The highest BCUT2D eigenvalue weighted by Crippen LogP contribution is 2.21. The molecule has 0 aromatic heterocycles. The predicted molar refractivity (Wildman–Crippen MR) is 101 cm³/mol. The standard InChI is InChI=1S/C19H22ClN3O2/c1-4-13-5-7-14(8-6-13)12(2)22-19(25)23-15-9-10-16(17(20)11-15)18(24)21-3/h5-12H,4H2,1-3H3,(H,21,24)(H2,22,23,25). The molecule has 132 valence electrons. The molecule has 0 aliphatic carbocycles. The fourth-order valence-electron chi connectivity index (χ4n) is 2.40. The van der Waals surface area contributed by atoms with Crippen molar-refractivity contribution < 1.29 is 9.59 Å². The zero-order valence-corrected chi connectivity index (χ0v) is 15.3. The fraction of sp³-hybridized carbons (Fsp3) is 0.263. The van der Waals surface area contributed by atoms with E-state index in [-0.39, 0.29) is 23.0 Å². The zero-order valence-electron chi connectivity index (χ0n) is 14.5. The van der Waals surface area contributed by atoms with Crippen molar-refractivity contribution in [3.63, 3.8) is 0 Å². The van der Waals surface area contributed by atoms with Crippen LogP contribution in [0.4, 0.5) is 10.5 Å². The molecule has 5 nitrogen and oxygen atoms in total. The number of carbonyl (C=O) groups excluding carboxylic acids is 2. The Bertz CT molecular complexity index is 760. The molecule has 0 aliphatic heterocycles. The van der Waals surface area contributed by atoms with E-state index in [0.29, 0.717) is 11.3 Å². The average molecular weight is 360 g/mol. The van der Waals surface area contributed by atoms with Gasteiger partial charge in [-0.05, 0) is 42.7 Å². The van der Waals surface area contributed by atoms with Gasteiger partial charge in [-0.15, -0.1) is 0 Å². The predicted octanol–water partition coefficient (Wildman–Crippen LogP) is 4.14. The number of aryl methyl sites for hydroxylation is 1. The maximum atomic E-state index is 12.2. The number of hydrogen-bond acceptors (Lipinski definition) is 2. The van der Waals surface area contributed by atoms with E-state index < -0.39 is 0 Å². The summed E-state index contributed by atoms with van der Waals surface area (Å²) in [5.74, 6) is -0.273. The van der Waals surface area contributed by atoms with Crippen LogP contribution in [-0.2, 0) is 6.42 Å². The SMILES string of the molecule is CCc1ccc(C(C)NC(=O)Nc2ccc(C(=O)NC)c(Cl)c2)cc1. The summed E-state index contributed by atoms with van der Waals surface area (Å²) in [7, 11) is 1.53. The van der Waals surface area contributed by atoms with Crippen LogP contribution < -0.4 is 16.0 Å². The van der Waals surface area contributed by atoms with Gasteiger partial charge in [-0.3, -0.25) is 4.79 Å². The second-order valence-electron chi connectivity index (χ2n) is 5.69. The van der Waals surface area contributed by atoms with Crippen molar-refractivity contribution in [2.24, 2.45) is 0 Å². The Labute approximate surface area is 152 Å². The Kier molecular flexibility index (Phi) is 6.42. The number of rotatable bonds is 5. The van der Waals surface area contributed by atoms with E-state index in [4.69, 9.17) is 11.6 Å². The molecule has 25 heavy (non-hydrogen) atoms. The molecule has 0 aliphatic rings. The third-order valence-electron chi connectivity index (χ3n) is 3.93. The highest BCUT2D eigenvalue weighted by Gasteiger charge is 2.12. The Morgan fingerprint density at radius 2 is 1.80 bits per heavy atom. The molecule has 1 unspecified atom stereocenters. The van der Waals surface area contributed by atoms with Gasteiger partial charge in [0.1, 0.15) is 0 Å². The maximum absolute atomic E-state index is 12.2. The third-order valence-corrected chi connectivity index (χ3v) is 4.25. The Hall–Kier alpha value is -2.53. The third kappa shape index (κ3) is 4.97. The largest absolute Gasteiger partial charge is 0.355 e. The van der Waals surface area contributed by atoms with E-state index in [1.165, 1.54) is 12.6 Å². The van der Waals surface area contributed by atoms with Crippen LogP contribution in [0.2, 0.25) is 5.02 Å². The molecule has 1 atom stereocenters. The molecule has 6 heteroatoms. The van der Waals surface area contributed by atoms with Crippen LogP contribution in [0.1, 0.15) is 41.4 Å². The number of benzene rings is 2. The lowest BCUT2D eigenvalue weighted by atomic mass is 10.1. The van der Waals surface area contributed by atoms with Gasteiger partial charge in [-0.25, -0.2) is 4.79 Å². The van der Waals surface area contributed by atoms with Gasteiger partial charge in [0, 0.05) is 12.7 Å². The van der Waals surface area contributed by atoms with Crippen molar-refractivity contribution >= 4 is 29.2 Å². The number of anilines is 1. The monoisotopic (exact) mass is 359 g/mol. The summed E-state index contributed by atoms with van der Waals surface area (Å²) in [6.07, 6.45) is 0.982. The van der Waals surface area contributed by atoms with E-state index in [1.807, 2.05) is 19.1 Å². The molecule has 3 amide bonds. The highest BCUT2D eigenvalue weighted by atomic mass is 35.5. The highest BCUT2D eigenvalue weighted by molar-refractivity contribution is 6.34. The molecule has 0 radical (unpaired) electrons. The van der Waals surface area contributed by atoms with Crippen LogP contribution in [0.3, 0.4) is 0 Å². The van der Waals surface area contributed by atoms with Crippen molar-refractivity contribution in [1.29, 1.82) is 0 Å². The number of carbonyl (C=O) groups is 2. The van der Waals surface area contributed by atoms with Crippen molar-refractivity contribution in [2.45, 2.75) is 26.3 Å². The van der Waals surface area contributed by atoms with Crippen molar-refractivity contribution in [1.82, 2.24) is 10.6 Å². The van der Waals surface area contributed by atoms with Crippen LogP contribution in [0.15, 0.2) is 42.5 Å². The number of urea groups is 1. The smallest absolute Gasteiger partial charge is 0.319 e. The van der Waals surface area contributed by atoms with E-state index >= 15 is 0 Å². The first-order valence-electron chi connectivity index (χ1n) is 8.12. The van der Waals surface area contributed by atoms with E-state index in [9.17, 15) is 9.59 Å². The van der Waals surface area contributed by atoms with Crippen LogP contribution in [0.5, 0.6) is 0 Å². The lowest BCUT2D eigenvalue weighted by molar-refractivity contribution is 0.0963. The van der Waals surface area contributed by atoms with Crippen molar-refractivity contribution in [3.8, 4) is 0 Å². The number of amides is 3. The summed E-state index contributed by atoms with van der Waals surface area (Å²) in [5, 5.41) is 8.39. The second kappa shape index (κ2) is 8.53. The molecule has 0 saturated carbocycles. The van der Waals surface area contributed by atoms with Crippen LogP contribution in [0, 0.1) is 0 Å². The summed E-state index contributed by atoms with van der Waals surface area (Å²) in [6.45, 7) is 4.02. The summed E-state index contributed by atoms with van der Waals surface area (Å²) in [5.41, 5.74) is 3.16. The second-order valence-corrected chi connectivity index (χ2v) is 6.10. The number of nitrogens with one attached hydrogen (secondary N) is 3. The van der Waals surface area contributed by atoms with Crippen molar-refractivity contribution in [3.05, 3.63) is 64.2 Å². The van der Waals surface area contributed by atoms with Gasteiger partial charge < -0.3 is 16.0 Å². The molecule has 3 N–H and O–H groups in total. The minimum Gasteiger partial charge on any atom is -0.355 e. The minimum absolute atomic E-state index is 0.133. The minimum atomic E-state index is -0.337. The average Bonchev–Trinajstić information content (AvgIpc) is 2.61. The van der Waals surface area contributed by atoms with Crippen LogP contribution in [-0.4, -0.2) is 19.0 Å². The first kappa shape index (κ1) is 18.8. The van der Waals surface area contributed by atoms with Gasteiger partial charge in [-0.1, -0.05) is 42.8 Å². The zero-order chi connectivity index (χ0) is 18.4. The summed E-state index contributed by atoms with van der Waals surface area (Å²) in [4.78, 5) is 23.8. The van der Waals surface area contributed by atoms with Crippen LogP contribution >= 0.6 is 11.6 Å². The van der Waals surface area contributed by atoms with Gasteiger partial charge >= 0.3 is 6.03 Å². The first-order valence-corrected chi connectivity index (χ1v) is 8.50. The lowest BCUT2D eigenvalue weighted by Gasteiger charge is -2.16. The quantitative estimate of drug-likeness (QED) is 0.750. The Morgan fingerprint density at radius 3 is 2.36 bits per heavy atom. The molecule has 2 aromatic carbocycles. The molecule has 0 bridgehead atoms. The van der Waals surface area contributed by atoms with Gasteiger partial charge in [-0.2, -0.15) is 0 Å². The molecule has 0 fully saturated rings. The number of halogens is 1. The maximum Gasteiger partial charge on any atom is 0.319 e. The molecule has 2 rings (SSSR count). The first-order chi connectivity index (χ1) is 11.9. The van der Waals surface area contributed by atoms with Gasteiger partial charge in [0.25, 0.3) is 5.91 Å². The van der Waals surface area contributed by atoms with Gasteiger partial charge in [0.15, 0.2) is 0 Å². The molecular formula is C19H22ClN3O2. The topological polar surface area (TPSA) is 70.2 Å². The van der Waals surface area contributed by atoms with Crippen LogP contribution in [0.25, 0.3) is 0 Å². The van der Waals surface area contributed by atoms with Gasteiger partial charge in [0.05, 0.1) is 16.6 Å². The van der Waals surface area contributed by atoms with Crippen molar-refractivity contribution in [2.75, 3.05) is 12.4 Å². The Balaban J connectivity index is 1.99. The molecule has 0 saturated heterocycles. The van der Waals surface area contributed by atoms with E-state index in [2.05, 4.69) is 35.0 Å². The molecular weight excluding hydrogens is 338 g/mol.